The Kier molecular flexibility index (Phi) is 6.15. The van der Waals surface area contributed by atoms with Crippen molar-refractivity contribution < 1.29 is 33.3 Å². The molecular weight excluding hydrogens is 329 g/mol. The van der Waals surface area contributed by atoms with Gasteiger partial charge in [0, 0.05) is 16.0 Å². The first-order valence-corrected chi connectivity index (χ1v) is 7.62. The first-order valence-electron chi connectivity index (χ1n) is 5.13. The fraction of sp³-hybridized carbons (Fsp3) is 0.182. The van der Waals surface area contributed by atoms with Crippen LogP contribution in [0.3, 0.4) is 0 Å². The molecule has 20 heavy (non-hydrogen) atoms. The zero-order chi connectivity index (χ0) is 15.3. The number of nitrogens with zero attached hydrogens (tertiary/aromatic N) is 1. The van der Waals surface area contributed by atoms with E-state index in [-0.39, 0.29) is 0 Å². The summed E-state index contributed by atoms with van der Waals surface area (Å²) in [6.07, 6.45) is 0. The first kappa shape index (κ1) is 17.1. The zero-order valence-corrected chi connectivity index (χ0v) is 12.9. The van der Waals surface area contributed by atoms with Crippen molar-refractivity contribution in [3.63, 3.8) is 0 Å². The maximum absolute atomic E-state index is 8.49. The molecule has 0 aliphatic heterocycles. The SMILES string of the molecule is C[N+](C)=c1oc(-c2ccc(Cl)cc2)cs1.[O-][Cl+3]([O-])([O-])[O-]. The third-order valence-electron chi connectivity index (χ3n) is 1.96. The molecule has 0 bridgehead atoms. The fourth-order valence-electron chi connectivity index (χ4n) is 1.18. The summed E-state index contributed by atoms with van der Waals surface area (Å²) in [5, 5.41) is 2.74. The quantitative estimate of drug-likeness (QED) is 0.555. The van der Waals surface area contributed by atoms with E-state index in [0.29, 0.717) is 0 Å². The van der Waals surface area contributed by atoms with Gasteiger partial charge in [0.05, 0.1) is 0 Å². The molecule has 0 unspecified atom stereocenters. The summed E-state index contributed by atoms with van der Waals surface area (Å²) in [5.74, 6) is 0.875. The number of benzene rings is 1. The molecule has 0 aliphatic rings. The largest absolute Gasteiger partial charge is 0.429 e. The van der Waals surface area contributed by atoms with Gasteiger partial charge in [0.15, 0.2) is 5.76 Å². The van der Waals surface area contributed by atoms with E-state index in [1.165, 1.54) is 0 Å². The molecule has 0 saturated carbocycles. The molecule has 0 saturated heterocycles. The molecular formula is C11H11Cl2NO5S. The molecule has 2 aromatic rings. The van der Waals surface area contributed by atoms with Crippen LogP contribution in [0.1, 0.15) is 0 Å². The van der Waals surface area contributed by atoms with E-state index in [1.54, 1.807) is 11.3 Å². The average molecular weight is 340 g/mol. The van der Waals surface area contributed by atoms with Gasteiger partial charge in [0.2, 0.25) is 0 Å². The minimum absolute atomic E-state index is 0.738. The van der Waals surface area contributed by atoms with Crippen LogP contribution in [-0.2, 0) is 0 Å². The Morgan fingerprint density at radius 2 is 1.60 bits per heavy atom. The van der Waals surface area contributed by atoms with Crippen molar-refractivity contribution in [2.24, 2.45) is 0 Å². The molecule has 0 aliphatic carbocycles. The summed E-state index contributed by atoms with van der Waals surface area (Å²) in [5.41, 5.74) is 1.05. The predicted molar refractivity (Wildman–Crippen MR) is 64.1 cm³/mol. The predicted octanol–water partition coefficient (Wildman–Crippen LogP) is -2.06. The van der Waals surface area contributed by atoms with E-state index >= 15 is 0 Å². The van der Waals surface area contributed by atoms with E-state index in [2.05, 4.69) is 0 Å². The smallest absolute Gasteiger partial charge is 0.396 e. The number of halogens is 2. The minimum Gasteiger partial charge on any atom is -0.396 e. The molecule has 110 valence electrons. The lowest BCUT2D eigenvalue weighted by Gasteiger charge is -2.17. The van der Waals surface area contributed by atoms with Crippen LogP contribution in [0.15, 0.2) is 34.1 Å². The summed E-state index contributed by atoms with van der Waals surface area (Å²) in [7, 11) is -1.03. The van der Waals surface area contributed by atoms with E-state index in [0.717, 1.165) is 21.2 Å². The van der Waals surface area contributed by atoms with Crippen molar-refractivity contribution in [2.75, 3.05) is 14.1 Å². The van der Waals surface area contributed by atoms with Crippen molar-refractivity contribution in [2.45, 2.75) is 0 Å². The fourth-order valence-corrected chi connectivity index (χ4v) is 2.05. The van der Waals surface area contributed by atoms with Crippen LogP contribution in [0.2, 0.25) is 5.02 Å². The summed E-state index contributed by atoms with van der Waals surface area (Å²) < 4.78 is 41.6. The Labute approximate surface area is 126 Å². The maximum Gasteiger partial charge on any atom is 0.429 e. The molecule has 1 heterocycles. The van der Waals surface area contributed by atoms with Gasteiger partial charge in [-0.3, -0.25) is 0 Å². The second-order valence-corrected chi connectivity index (χ2v) is 5.76. The molecule has 6 nitrogen and oxygen atoms in total. The first-order chi connectivity index (χ1) is 9.16. The lowest BCUT2D eigenvalue weighted by molar-refractivity contribution is -2.00. The van der Waals surface area contributed by atoms with E-state index < -0.39 is 10.2 Å². The molecule has 0 atom stereocenters. The van der Waals surface area contributed by atoms with Crippen molar-refractivity contribution in [3.8, 4) is 11.3 Å². The third-order valence-corrected chi connectivity index (χ3v) is 3.19. The van der Waals surface area contributed by atoms with Crippen LogP contribution in [-0.4, -0.2) is 14.1 Å². The highest BCUT2D eigenvalue weighted by Crippen LogP contribution is 2.21. The highest BCUT2D eigenvalue weighted by Gasteiger charge is 2.05. The van der Waals surface area contributed by atoms with Crippen LogP contribution in [0.5, 0.6) is 0 Å². The van der Waals surface area contributed by atoms with Gasteiger partial charge in [0.25, 0.3) is 0 Å². The minimum atomic E-state index is -4.94. The Morgan fingerprint density at radius 3 is 2.00 bits per heavy atom. The van der Waals surface area contributed by atoms with Gasteiger partial charge < -0.3 is 4.42 Å². The van der Waals surface area contributed by atoms with Crippen LogP contribution >= 0.6 is 22.9 Å². The highest BCUT2D eigenvalue weighted by atomic mass is 35.7. The van der Waals surface area contributed by atoms with Crippen molar-refractivity contribution in [1.29, 1.82) is 0 Å². The van der Waals surface area contributed by atoms with Gasteiger partial charge in [-0.25, -0.2) is 18.6 Å². The van der Waals surface area contributed by atoms with Crippen LogP contribution < -0.4 is 28.1 Å². The van der Waals surface area contributed by atoms with Gasteiger partial charge in [-0.1, -0.05) is 11.6 Å². The van der Waals surface area contributed by atoms with Crippen molar-refractivity contribution in [1.82, 2.24) is 4.58 Å². The highest BCUT2D eigenvalue weighted by molar-refractivity contribution is 7.07. The summed E-state index contributed by atoms with van der Waals surface area (Å²) in [4.78, 5) is 0.889. The van der Waals surface area contributed by atoms with Crippen LogP contribution in [0, 0.1) is 10.2 Å². The number of rotatable bonds is 1. The molecule has 2 rings (SSSR count). The summed E-state index contributed by atoms with van der Waals surface area (Å²) in [6.45, 7) is 0. The van der Waals surface area contributed by atoms with Crippen molar-refractivity contribution in [3.05, 3.63) is 39.5 Å². The Balaban J connectivity index is 0.000000347. The standard InChI is InChI=1S/C11H11ClNOS.ClHO4/c1-13(2)11-14-10(7-15-11)8-3-5-9(12)6-4-8;2-1(3,4)5/h3-7H,1-2H3;(H,2,3,4,5)/q+1;/p-1. The Bertz CT molecular complexity index is 605. The molecule has 0 radical (unpaired) electrons. The lowest BCUT2D eigenvalue weighted by atomic mass is 10.2. The average Bonchev–Trinajstić information content (AvgIpc) is 2.77. The maximum atomic E-state index is 8.49. The molecule has 0 fully saturated rings. The third kappa shape index (κ3) is 6.49. The second-order valence-electron chi connectivity index (χ2n) is 3.75. The van der Waals surface area contributed by atoms with E-state index in [4.69, 9.17) is 34.7 Å². The summed E-state index contributed by atoms with van der Waals surface area (Å²) in [6, 6.07) is 7.62. The number of hydrogen-bond acceptors (Lipinski definition) is 6. The molecule has 0 N–H and O–H groups in total. The Hall–Kier alpha value is -0.930. The number of hydrogen-bond donors (Lipinski definition) is 0. The van der Waals surface area contributed by atoms with Crippen LogP contribution in [0.25, 0.3) is 11.3 Å². The van der Waals surface area contributed by atoms with Crippen molar-refractivity contribution >= 4 is 22.9 Å². The normalized spacial score (nSPS) is 10.8. The van der Waals surface area contributed by atoms with Crippen LogP contribution in [0.4, 0.5) is 0 Å². The molecule has 9 heteroatoms. The molecule has 1 aromatic heterocycles. The van der Waals surface area contributed by atoms with Gasteiger partial charge >= 0.3 is 4.87 Å². The van der Waals surface area contributed by atoms with Gasteiger partial charge in [-0.2, -0.15) is 4.58 Å². The van der Waals surface area contributed by atoms with Gasteiger partial charge in [-0.05, 0) is 35.6 Å². The molecule has 0 spiro atoms. The molecule has 1 aromatic carbocycles. The zero-order valence-electron chi connectivity index (χ0n) is 10.5. The van der Waals surface area contributed by atoms with E-state index in [9.17, 15) is 0 Å². The van der Waals surface area contributed by atoms with E-state index in [1.807, 2.05) is 48.3 Å². The van der Waals surface area contributed by atoms with Gasteiger partial charge in [0.1, 0.15) is 14.1 Å². The molecule has 0 amide bonds. The Morgan fingerprint density at radius 1 is 1.10 bits per heavy atom. The summed E-state index contributed by atoms with van der Waals surface area (Å²) >= 11 is 7.40. The monoisotopic (exact) mass is 339 g/mol. The van der Waals surface area contributed by atoms with Gasteiger partial charge in [-0.15, -0.1) is 10.2 Å². The topological polar surface area (TPSA) is 108 Å². The second kappa shape index (κ2) is 7.19. The lowest BCUT2D eigenvalue weighted by Crippen LogP contribution is -2.68.